The third kappa shape index (κ3) is 7.98. The molecule has 0 bridgehead atoms. The summed E-state index contributed by atoms with van der Waals surface area (Å²) >= 11 is 6.15. The molecule has 7 nitrogen and oxygen atoms in total. The highest BCUT2D eigenvalue weighted by Gasteiger charge is 2.19. The first-order chi connectivity index (χ1) is 20.9. The number of pyridine rings is 1. The Hall–Kier alpha value is -3.81. The number of aromatic nitrogens is 1. The predicted octanol–water partition coefficient (Wildman–Crippen LogP) is 7.64. The van der Waals surface area contributed by atoms with Crippen molar-refractivity contribution in [2.24, 2.45) is 0 Å². The molecule has 3 aromatic rings. The minimum absolute atomic E-state index is 0.0185. The van der Waals surface area contributed by atoms with E-state index < -0.39 is 0 Å². The number of likely N-dealkylation sites (tertiary alicyclic amines) is 1. The van der Waals surface area contributed by atoms with E-state index in [1.165, 1.54) is 25.9 Å². The Bertz CT molecular complexity index is 1540. The molecule has 3 aliphatic rings. The molecule has 1 amide bonds. The first-order valence-corrected chi connectivity index (χ1v) is 15.5. The Balaban J connectivity index is 0.000000548. The number of nitrogens with one attached hydrogen (secondary N) is 1. The summed E-state index contributed by atoms with van der Waals surface area (Å²) in [6.45, 7) is 6.27. The van der Waals surface area contributed by atoms with Crippen LogP contribution in [0.4, 0.5) is 5.82 Å². The molecule has 0 saturated carbocycles. The second kappa shape index (κ2) is 14.6. The topological polar surface area (TPSA) is 66.9 Å². The Labute approximate surface area is 259 Å². The van der Waals surface area contributed by atoms with Crippen LogP contribution >= 0.6 is 11.6 Å². The standard InChI is InChI=1S/C30H30ClN3O3.C5H11N/c1-3-4-14-34(2)30(35)25-17-29(32-18-20-6-5-7-23(31)11-8-20)33-26-12-9-21(15-24(25)26)22-10-13-27-28(16-22)37-19-36-27;1-6-4-2-3-5-6/h5-6,8-13,15-17H,3-4,7,14,18-19H2,1-2H3,(H,32,33);2-5H2,1H3. The van der Waals surface area contributed by atoms with Gasteiger partial charge in [0.05, 0.1) is 11.1 Å². The maximum Gasteiger partial charge on any atom is 0.254 e. The van der Waals surface area contributed by atoms with Gasteiger partial charge in [-0.2, -0.15) is 0 Å². The van der Waals surface area contributed by atoms with Gasteiger partial charge < -0.3 is 24.6 Å². The first kappa shape index (κ1) is 30.6. The number of rotatable bonds is 8. The number of carbonyl (C=O) groups is 1. The van der Waals surface area contributed by atoms with Gasteiger partial charge in [-0.25, -0.2) is 4.98 Å². The van der Waals surface area contributed by atoms with E-state index in [0.717, 1.165) is 63.4 Å². The molecule has 2 aromatic carbocycles. The third-order valence-electron chi connectivity index (χ3n) is 7.87. The zero-order valence-electron chi connectivity index (χ0n) is 25.4. The van der Waals surface area contributed by atoms with E-state index in [-0.39, 0.29) is 12.7 Å². The summed E-state index contributed by atoms with van der Waals surface area (Å²) < 4.78 is 11.0. The number of amides is 1. The fourth-order valence-electron chi connectivity index (χ4n) is 5.28. The van der Waals surface area contributed by atoms with Crippen LogP contribution < -0.4 is 14.8 Å². The van der Waals surface area contributed by atoms with Crippen molar-refractivity contribution in [2.75, 3.05) is 52.4 Å². The maximum atomic E-state index is 13.6. The van der Waals surface area contributed by atoms with Crippen LogP contribution in [0.3, 0.4) is 0 Å². The van der Waals surface area contributed by atoms with Crippen LogP contribution in [0.2, 0.25) is 0 Å². The molecule has 43 heavy (non-hydrogen) atoms. The molecule has 8 heteroatoms. The molecule has 6 rings (SSSR count). The average Bonchev–Trinajstić information content (AvgIpc) is 3.66. The Kier molecular flexibility index (Phi) is 10.4. The quantitative estimate of drug-likeness (QED) is 0.287. The fourth-order valence-corrected chi connectivity index (χ4v) is 5.43. The molecule has 0 spiro atoms. The number of unbranched alkanes of at least 4 members (excludes halogenated alkanes) is 1. The van der Waals surface area contributed by atoms with Gasteiger partial charge in [0.2, 0.25) is 6.79 Å². The summed E-state index contributed by atoms with van der Waals surface area (Å²) in [5, 5.41) is 5.02. The highest BCUT2D eigenvalue weighted by molar-refractivity contribution is 6.29. The number of nitrogens with zero attached hydrogens (tertiary/aromatic N) is 3. The number of fused-ring (bicyclic) bond motifs is 2. The van der Waals surface area contributed by atoms with Crippen LogP contribution in [0.1, 0.15) is 49.4 Å². The normalized spacial score (nSPS) is 15.8. The van der Waals surface area contributed by atoms with Gasteiger partial charge in [0.1, 0.15) is 5.82 Å². The Morgan fingerprint density at radius 1 is 1.05 bits per heavy atom. The van der Waals surface area contributed by atoms with Crippen LogP contribution in [0.5, 0.6) is 11.5 Å². The summed E-state index contributed by atoms with van der Waals surface area (Å²) in [5.41, 5.74) is 4.45. The van der Waals surface area contributed by atoms with Crippen LogP contribution in [-0.4, -0.2) is 67.8 Å². The van der Waals surface area contributed by atoms with Crippen LogP contribution in [0.15, 0.2) is 77.4 Å². The molecule has 1 fully saturated rings. The number of benzene rings is 2. The molecule has 226 valence electrons. The largest absolute Gasteiger partial charge is 0.454 e. The van der Waals surface area contributed by atoms with Crippen molar-refractivity contribution in [1.29, 1.82) is 0 Å². The zero-order chi connectivity index (χ0) is 30.2. The SMILES string of the molecule is CCCCN(C)C(=O)c1cc(NCC2=CC=C(Cl)CC=C2)nc2ccc(-c3ccc4c(c3)OCO4)cc12.CN1CCCC1. The minimum atomic E-state index is -0.0185. The van der Waals surface area contributed by atoms with Gasteiger partial charge in [0.25, 0.3) is 5.91 Å². The second-order valence-corrected chi connectivity index (χ2v) is 11.7. The van der Waals surface area contributed by atoms with Gasteiger partial charge in [-0.15, -0.1) is 0 Å². The van der Waals surface area contributed by atoms with Crippen molar-refractivity contribution in [3.8, 4) is 22.6 Å². The molecule has 1 saturated heterocycles. The summed E-state index contributed by atoms with van der Waals surface area (Å²) in [5.74, 6) is 2.11. The molecule has 0 radical (unpaired) electrons. The summed E-state index contributed by atoms with van der Waals surface area (Å²) in [7, 11) is 4.03. The molecular weight excluding hydrogens is 560 g/mol. The van der Waals surface area contributed by atoms with Crippen molar-refractivity contribution in [3.63, 3.8) is 0 Å². The second-order valence-electron chi connectivity index (χ2n) is 11.3. The van der Waals surface area contributed by atoms with E-state index in [4.69, 9.17) is 26.1 Å². The lowest BCUT2D eigenvalue weighted by atomic mass is 9.99. The van der Waals surface area contributed by atoms with E-state index in [1.54, 1.807) is 4.90 Å². The number of halogens is 1. The van der Waals surface area contributed by atoms with Gasteiger partial charge in [-0.3, -0.25) is 4.79 Å². The Morgan fingerprint density at radius 3 is 2.58 bits per heavy atom. The number of carbonyl (C=O) groups excluding carboxylic acids is 1. The molecular formula is C35H41ClN4O3. The van der Waals surface area contributed by atoms with Crippen LogP contribution in [0, 0.1) is 0 Å². The minimum Gasteiger partial charge on any atom is -0.454 e. The van der Waals surface area contributed by atoms with Crippen molar-refractivity contribution in [2.45, 2.75) is 39.0 Å². The van der Waals surface area contributed by atoms with E-state index in [0.29, 0.717) is 24.5 Å². The number of hydrogen-bond acceptors (Lipinski definition) is 6. The van der Waals surface area contributed by atoms with Crippen molar-refractivity contribution >= 4 is 34.2 Å². The molecule has 1 aliphatic carbocycles. The number of anilines is 1. The van der Waals surface area contributed by atoms with Gasteiger partial charge in [0.15, 0.2) is 11.5 Å². The van der Waals surface area contributed by atoms with E-state index in [9.17, 15) is 4.79 Å². The highest BCUT2D eigenvalue weighted by atomic mass is 35.5. The molecule has 3 heterocycles. The van der Waals surface area contributed by atoms with Crippen molar-refractivity contribution < 1.29 is 14.3 Å². The van der Waals surface area contributed by atoms with Gasteiger partial charge in [0, 0.05) is 37.0 Å². The first-order valence-electron chi connectivity index (χ1n) is 15.2. The lowest BCUT2D eigenvalue weighted by Crippen LogP contribution is -2.28. The molecule has 1 aromatic heterocycles. The van der Waals surface area contributed by atoms with Gasteiger partial charge in [-0.05, 0) is 92.5 Å². The summed E-state index contributed by atoms with van der Waals surface area (Å²) in [4.78, 5) is 22.6. The number of allylic oxidation sites excluding steroid dienone is 4. The fraction of sp³-hybridized carbons (Fsp3) is 0.371. The lowest BCUT2D eigenvalue weighted by Gasteiger charge is -2.19. The van der Waals surface area contributed by atoms with Gasteiger partial charge in [-0.1, -0.05) is 55.3 Å². The Morgan fingerprint density at radius 2 is 1.81 bits per heavy atom. The number of hydrogen-bond donors (Lipinski definition) is 1. The van der Waals surface area contributed by atoms with E-state index in [1.807, 2.05) is 67.7 Å². The third-order valence-corrected chi connectivity index (χ3v) is 8.15. The summed E-state index contributed by atoms with van der Waals surface area (Å²) in [6.07, 6.45) is 13.6. The van der Waals surface area contributed by atoms with Gasteiger partial charge >= 0.3 is 0 Å². The van der Waals surface area contributed by atoms with Crippen molar-refractivity contribution in [3.05, 3.63) is 82.9 Å². The van der Waals surface area contributed by atoms with E-state index in [2.05, 4.69) is 30.3 Å². The average molecular weight is 601 g/mol. The van der Waals surface area contributed by atoms with Crippen molar-refractivity contribution in [1.82, 2.24) is 14.8 Å². The monoisotopic (exact) mass is 600 g/mol. The smallest absolute Gasteiger partial charge is 0.254 e. The predicted molar refractivity (Wildman–Crippen MR) is 176 cm³/mol. The maximum absolute atomic E-state index is 13.6. The zero-order valence-corrected chi connectivity index (χ0v) is 26.1. The molecule has 1 N–H and O–H groups in total. The molecule has 0 atom stereocenters. The molecule has 2 aliphatic heterocycles. The van der Waals surface area contributed by atoms with Crippen LogP contribution in [-0.2, 0) is 0 Å². The highest BCUT2D eigenvalue weighted by Crippen LogP contribution is 2.37. The number of ether oxygens (including phenoxy) is 2. The molecule has 0 unspecified atom stereocenters. The summed E-state index contributed by atoms with van der Waals surface area (Å²) in [6, 6.07) is 13.8. The lowest BCUT2D eigenvalue weighted by molar-refractivity contribution is 0.0795. The van der Waals surface area contributed by atoms with E-state index >= 15 is 0 Å². The van der Waals surface area contributed by atoms with Crippen LogP contribution in [0.25, 0.3) is 22.0 Å².